The molecule has 0 bridgehead atoms. The molecular formula is C24H38N4O5. The number of ether oxygens (including phenoxy) is 2. The van der Waals surface area contributed by atoms with Crippen molar-refractivity contribution in [2.45, 2.75) is 59.2 Å². The number of methoxy groups -OCH3 is 1. The van der Waals surface area contributed by atoms with Crippen molar-refractivity contribution in [3.63, 3.8) is 0 Å². The Bertz CT molecular complexity index is 844. The number of hydrogen-bond acceptors (Lipinski definition) is 5. The average molecular weight is 463 g/mol. The van der Waals surface area contributed by atoms with Gasteiger partial charge in [-0.25, -0.2) is 4.79 Å². The van der Waals surface area contributed by atoms with Gasteiger partial charge in [-0.1, -0.05) is 13.8 Å². The molecule has 0 aliphatic carbocycles. The highest BCUT2D eigenvalue weighted by Crippen LogP contribution is 2.27. The van der Waals surface area contributed by atoms with Crippen molar-refractivity contribution >= 4 is 23.5 Å². The molecule has 1 aromatic rings. The zero-order valence-electron chi connectivity index (χ0n) is 20.8. The Morgan fingerprint density at radius 3 is 2.55 bits per heavy atom. The predicted molar refractivity (Wildman–Crippen MR) is 128 cm³/mol. The van der Waals surface area contributed by atoms with Gasteiger partial charge in [0.25, 0.3) is 5.91 Å². The fourth-order valence-electron chi connectivity index (χ4n) is 3.83. The van der Waals surface area contributed by atoms with Crippen LogP contribution in [0.3, 0.4) is 0 Å². The Balaban J connectivity index is 2.41. The number of likely N-dealkylation sites (N-methyl/N-ethyl adjacent to an activating group) is 1. The minimum absolute atomic E-state index is 0.0141. The molecule has 2 N–H and O–H groups in total. The molecule has 3 atom stereocenters. The van der Waals surface area contributed by atoms with Crippen LogP contribution in [0.15, 0.2) is 18.2 Å². The van der Waals surface area contributed by atoms with Crippen LogP contribution < -0.4 is 15.4 Å². The Morgan fingerprint density at radius 1 is 1.24 bits per heavy atom. The quantitative estimate of drug-likeness (QED) is 0.717. The summed E-state index contributed by atoms with van der Waals surface area (Å²) in [6.07, 6.45) is 0.158. The van der Waals surface area contributed by atoms with Gasteiger partial charge in [-0.15, -0.1) is 0 Å². The summed E-state index contributed by atoms with van der Waals surface area (Å²) in [5, 5.41) is 5.53. The molecule has 0 saturated heterocycles. The maximum atomic E-state index is 13.2. The van der Waals surface area contributed by atoms with Gasteiger partial charge in [0.2, 0.25) is 5.91 Å². The lowest BCUT2D eigenvalue weighted by molar-refractivity contribution is -0.135. The van der Waals surface area contributed by atoms with E-state index in [0.29, 0.717) is 36.5 Å². The van der Waals surface area contributed by atoms with Crippen LogP contribution in [0.2, 0.25) is 0 Å². The molecule has 1 heterocycles. The van der Waals surface area contributed by atoms with Gasteiger partial charge in [0.1, 0.15) is 12.4 Å². The molecule has 33 heavy (non-hydrogen) atoms. The van der Waals surface area contributed by atoms with Gasteiger partial charge in [-0.2, -0.15) is 0 Å². The highest BCUT2D eigenvalue weighted by Gasteiger charge is 2.29. The monoisotopic (exact) mass is 462 g/mol. The van der Waals surface area contributed by atoms with E-state index in [0.717, 1.165) is 0 Å². The SMILES string of the molecule is CCC(=O)N1C[C@@H](C)[C@@H](OC)CN(C)C(=O)c2ccc(NC(=O)NC(C)C)cc2OC[C@@H]1C. The van der Waals surface area contributed by atoms with E-state index in [1.54, 1.807) is 37.3 Å². The van der Waals surface area contributed by atoms with Crippen molar-refractivity contribution in [3.05, 3.63) is 23.8 Å². The summed E-state index contributed by atoms with van der Waals surface area (Å²) in [7, 11) is 3.34. The maximum Gasteiger partial charge on any atom is 0.319 e. The molecule has 0 fully saturated rings. The number of amides is 4. The van der Waals surface area contributed by atoms with Crippen molar-refractivity contribution < 1.29 is 23.9 Å². The maximum absolute atomic E-state index is 13.2. The molecule has 9 nitrogen and oxygen atoms in total. The van der Waals surface area contributed by atoms with Crippen LogP contribution in [-0.2, 0) is 9.53 Å². The number of nitrogens with one attached hydrogen (secondary N) is 2. The second kappa shape index (κ2) is 11.9. The van der Waals surface area contributed by atoms with Gasteiger partial charge in [0.15, 0.2) is 0 Å². The summed E-state index contributed by atoms with van der Waals surface area (Å²) in [5.74, 6) is 0.211. The van der Waals surface area contributed by atoms with Crippen LogP contribution in [0, 0.1) is 5.92 Å². The van der Waals surface area contributed by atoms with Gasteiger partial charge in [-0.05, 0) is 32.9 Å². The summed E-state index contributed by atoms with van der Waals surface area (Å²) in [6.45, 7) is 10.6. The molecule has 0 radical (unpaired) electrons. The summed E-state index contributed by atoms with van der Waals surface area (Å²) in [5.41, 5.74) is 0.892. The smallest absolute Gasteiger partial charge is 0.319 e. The summed E-state index contributed by atoms with van der Waals surface area (Å²) >= 11 is 0. The first kappa shape index (κ1) is 26.4. The fraction of sp³-hybridized carbons (Fsp3) is 0.625. The third-order valence-corrected chi connectivity index (χ3v) is 5.75. The van der Waals surface area contributed by atoms with E-state index in [9.17, 15) is 14.4 Å². The number of hydrogen-bond donors (Lipinski definition) is 2. The molecular weight excluding hydrogens is 424 g/mol. The van der Waals surface area contributed by atoms with E-state index in [-0.39, 0.29) is 48.6 Å². The van der Waals surface area contributed by atoms with Crippen molar-refractivity contribution in [2.24, 2.45) is 5.92 Å². The van der Waals surface area contributed by atoms with E-state index in [4.69, 9.17) is 9.47 Å². The van der Waals surface area contributed by atoms with Gasteiger partial charge < -0.3 is 29.9 Å². The number of fused-ring (bicyclic) bond motifs is 1. The molecule has 4 amide bonds. The van der Waals surface area contributed by atoms with Gasteiger partial charge in [0.05, 0.1) is 17.7 Å². The van der Waals surface area contributed by atoms with E-state index in [2.05, 4.69) is 10.6 Å². The minimum atomic E-state index is -0.341. The molecule has 1 aliphatic rings. The largest absolute Gasteiger partial charge is 0.491 e. The standard InChI is InChI=1S/C24H38N4O5/c1-8-22(29)28-12-16(4)21(32-7)13-27(6)23(30)19-10-9-18(26-24(31)25-15(2)3)11-20(19)33-14-17(28)5/h9-11,15-17,21H,8,12-14H2,1-7H3,(H2,25,26,31)/t16-,17+,21+/m1/s1. The second-order valence-corrected chi connectivity index (χ2v) is 8.96. The number of carbonyl (C=O) groups is 3. The first-order valence-corrected chi connectivity index (χ1v) is 11.5. The lowest BCUT2D eigenvalue weighted by Crippen LogP contribution is -2.48. The first-order chi connectivity index (χ1) is 15.6. The fourth-order valence-corrected chi connectivity index (χ4v) is 3.83. The van der Waals surface area contributed by atoms with Crippen LogP contribution in [0.1, 0.15) is 51.4 Å². The predicted octanol–water partition coefficient (Wildman–Crippen LogP) is 2.96. The number of urea groups is 1. The zero-order chi connectivity index (χ0) is 24.7. The third-order valence-electron chi connectivity index (χ3n) is 5.75. The van der Waals surface area contributed by atoms with Crippen molar-refractivity contribution in [1.82, 2.24) is 15.1 Å². The third kappa shape index (κ3) is 7.08. The van der Waals surface area contributed by atoms with Crippen molar-refractivity contribution in [3.8, 4) is 5.75 Å². The number of benzene rings is 1. The van der Waals surface area contributed by atoms with Crippen LogP contribution in [-0.4, -0.2) is 79.7 Å². The van der Waals surface area contributed by atoms with Gasteiger partial charge >= 0.3 is 6.03 Å². The molecule has 9 heteroatoms. The van der Waals surface area contributed by atoms with E-state index >= 15 is 0 Å². The van der Waals surface area contributed by atoms with Crippen molar-refractivity contribution in [1.29, 1.82) is 0 Å². The molecule has 0 aromatic heterocycles. The lowest BCUT2D eigenvalue weighted by atomic mass is 10.0. The minimum Gasteiger partial charge on any atom is -0.491 e. The van der Waals surface area contributed by atoms with E-state index in [1.807, 2.05) is 39.5 Å². The molecule has 0 saturated carbocycles. The summed E-state index contributed by atoms with van der Waals surface area (Å²) < 4.78 is 11.8. The van der Waals surface area contributed by atoms with Crippen LogP contribution in [0.25, 0.3) is 0 Å². The molecule has 2 rings (SSSR count). The van der Waals surface area contributed by atoms with Crippen LogP contribution in [0.4, 0.5) is 10.5 Å². The Labute approximate surface area is 196 Å². The molecule has 1 aliphatic heterocycles. The lowest BCUT2D eigenvalue weighted by Gasteiger charge is -2.36. The Morgan fingerprint density at radius 2 is 1.94 bits per heavy atom. The number of rotatable bonds is 4. The number of anilines is 1. The first-order valence-electron chi connectivity index (χ1n) is 11.5. The molecule has 0 unspecified atom stereocenters. The second-order valence-electron chi connectivity index (χ2n) is 8.96. The molecule has 0 spiro atoms. The van der Waals surface area contributed by atoms with E-state index in [1.165, 1.54) is 0 Å². The number of carbonyl (C=O) groups excluding carboxylic acids is 3. The van der Waals surface area contributed by atoms with Crippen LogP contribution >= 0.6 is 0 Å². The summed E-state index contributed by atoms with van der Waals surface area (Å²) in [6, 6.07) is 4.40. The topological polar surface area (TPSA) is 100 Å². The summed E-state index contributed by atoms with van der Waals surface area (Å²) in [4.78, 5) is 41.4. The normalized spacial score (nSPS) is 22.1. The van der Waals surface area contributed by atoms with Crippen LogP contribution in [0.5, 0.6) is 5.75 Å². The van der Waals surface area contributed by atoms with E-state index < -0.39 is 0 Å². The van der Waals surface area contributed by atoms with Gasteiger partial charge in [-0.3, -0.25) is 9.59 Å². The Hall–Kier alpha value is -2.81. The van der Waals surface area contributed by atoms with Crippen molar-refractivity contribution in [2.75, 3.05) is 39.2 Å². The average Bonchev–Trinajstić information content (AvgIpc) is 2.76. The highest BCUT2D eigenvalue weighted by molar-refractivity contribution is 5.98. The highest BCUT2D eigenvalue weighted by atomic mass is 16.5. The Kier molecular flexibility index (Phi) is 9.52. The van der Waals surface area contributed by atoms with Gasteiger partial charge in [0, 0.05) is 57.4 Å². The molecule has 1 aromatic carbocycles. The molecule has 184 valence electrons. The zero-order valence-corrected chi connectivity index (χ0v) is 20.8. The number of nitrogens with zero attached hydrogens (tertiary/aromatic N) is 2.